The molecule has 4 rings (SSSR count). The molecule has 0 bridgehead atoms. The van der Waals surface area contributed by atoms with Crippen LogP contribution in [0.25, 0.3) is 11.0 Å². The van der Waals surface area contributed by atoms with Gasteiger partial charge in [-0.15, -0.1) is 0 Å². The fourth-order valence-electron chi connectivity index (χ4n) is 3.57. The molecular weight excluding hydrogens is 406 g/mol. The Bertz CT molecular complexity index is 1180. The highest BCUT2D eigenvalue weighted by molar-refractivity contribution is 6.06. The van der Waals surface area contributed by atoms with Crippen LogP contribution in [0.1, 0.15) is 72.8 Å². The quantitative estimate of drug-likeness (QED) is 0.575. The predicted molar refractivity (Wildman–Crippen MR) is 122 cm³/mol. The Hall–Kier alpha value is -3.42. The molecule has 1 unspecified atom stereocenters. The molecule has 168 valence electrons. The maximum Gasteiger partial charge on any atom is 0.279 e. The number of carbonyl (C=O) groups excluding carboxylic acids is 2. The number of hydrogen-bond donors (Lipinski definition) is 2. The molecule has 0 aliphatic heterocycles. The van der Waals surface area contributed by atoms with Crippen LogP contribution in [-0.2, 0) is 4.79 Å². The monoisotopic (exact) mass is 435 g/mol. The van der Waals surface area contributed by atoms with E-state index in [0.717, 1.165) is 29.7 Å². The molecule has 32 heavy (non-hydrogen) atoms. The zero-order chi connectivity index (χ0) is 23.0. The van der Waals surface area contributed by atoms with Gasteiger partial charge in [-0.2, -0.15) is 5.10 Å². The van der Waals surface area contributed by atoms with Crippen LogP contribution in [0, 0.1) is 13.8 Å². The topological polar surface area (TPSA) is 98.1 Å². The molecule has 0 radical (unpaired) electrons. The summed E-state index contributed by atoms with van der Waals surface area (Å²) in [6.07, 6.45) is 3.01. The number of carbonyl (C=O) groups is 2. The standard InChI is InChI=1S/C24H29N5O3/c1-13(2)29-22-19(12-25-29)18(11-20(26-22)17-9-10-17)24(31)28-27-23(30)16(5)32-21-8-6-7-14(3)15(21)4/h6-8,11-13,16-17H,9-10H2,1-5H3,(H,27,30)(H,28,31). The van der Waals surface area contributed by atoms with Crippen molar-refractivity contribution in [2.75, 3.05) is 0 Å². The van der Waals surface area contributed by atoms with E-state index in [1.807, 2.05) is 56.6 Å². The van der Waals surface area contributed by atoms with Crippen molar-refractivity contribution in [3.8, 4) is 5.75 Å². The second kappa shape index (κ2) is 8.61. The van der Waals surface area contributed by atoms with Crippen LogP contribution in [0.15, 0.2) is 30.5 Å². The lowest BCUT2D eigenvalue weighted by Gasteiger charge is -2.17. The van der Waals surface area contributed by atoms with Gasteiger partial charge in [0.25, 0.3) is 11.8 Å². The molecule has 1 atom stereocenters. The van der Waals surface area contributed by atoms with Gasteiger partial charge in [-0.1, -0.05) is 12.1 Å². The van der Waals surface area contributed by atoms with Gasteiger partial charge in [-0.3, -0.25) is 20.4 Å². The van der Waals surface area contributed by atoms with E-state index in [9.17, 15) is 9.59 Å². The molecule has 0 spiro atoms. The number of hydrogen-bond acceptors (Lipinski definition) is 5. The number of benzene rings is 1. The summed E-state index contributed by atoms with van der Waals surface area (Å²) in [6.45, 7) is 9.62. The summed E-state index contributed by atoms with van der Waals surface area (Å²) in [7, 11) is 0. The first-order chi connectivity index (χ1) is 15.3. The van der Waals surface area contributed by atoms with Crippen LogP contribution in [0.5, 0.6) is 5.75 Å². The maximum absolute atomic E-state index is 13.0. The Morgan fingerprint density at radius 2 is 1.91 bits per heavy atom. The van der Waals surface area contributed by atoms with Crippen LogP contribution < -0.4 is 15.6 Å². The van der Waals surface area contributed by atoms with Gasteiger partial charge in [0.1, 0.15) is 5.75 Å². The fraction of sp³-hybridized carbons (Fsp3) is 0.417. The molecule has 8 heteroatoms. The number of aromatic nitrogens is 3. The molecule has 1 aromatic carbocycles. The zero-order valence-corrected chi connectivity index (χ0v) is 19.1. The van der Waals surface area contributed by atoms with E-state index in [-0.39, 0.29) is 6.04 Å². The predicted octanol–water partition coefficient (Wildman–Crippen LogP) is 3.73. The van der Waals surface area contributed by atoms with Crippen molar-refractivity contribution in [3.05, 3.63) is 52.8 Å². The summed E-state index contributed by atoms with van der Waals surface area (Å²) < 4.78 is 7.61. The smallest absolute Gasteiger partial charge is 0.279 e. The van der Waals surface area contributed by atoms with Gasteiger partial charge in [0.15, 0.2) is 11.8 Å². The van der Waals surface area contributed by atoms with Gasteiger partial charge in [0, 0.05) is 17.7 Å². The van der Waals surface area contributed by atoms with Gasteiger partial charge < -0.3 is 4.74 Å². The van der Waals surface area contributed by atoms with Crippen molar-refractivity contribution in [2.45, 2.75) is 65.5 Å². The molecule has 3 aromatic rings. The number of fused-ring (bicyclic) bond motifs is 1. The number of hydrazine groups is 1. The number of amides is 2. The number of nitrogens with one attached hydrogen (secondary N) is 2. The number of ether oxygens (including phenoxy) is 1. The van der Waals surface area contributed by atoms with Gasteiger partial charge in [-0.25, -0.2) is 9.67 Å². The molecule has 1 saturated carbocycles. The third-order valence-corrected chi connectivity index (χ3v) is 5.84. The van der Waals surface area contributed by atoms with Crippen LogP contribution in [0.3, 0.4) is 0 Å². The van der Waals surface area contributed by atoms with E-state index in [1.165, 1.54) is 0 Å². The lowest BCUT2D eigenvalue weighted by Crippen LogP contribution is -2.47. The van der Waals surface area contributed by atoms with E-state index < -0.39 is 17.9 Å². The highest BCUT2D eigenvalue weighted by atomic mass is 16.5. The highest BCUT2D eigenvalue weighted by Crippen LogP contribution is 2.40. The molecule has 2 heterocycles. The Labute approximate surface area is 187 Å². The van der Waals surface area contributed by atoms with Crippen LogP contribution in [0.2, 0.25) is 0 Å². The van der Waals surface area contributed by atoms with Gasteiger partial charge in [0.05, 0.1) is 17.1 Å². The van der Waals surface area contributed by atoms with Crippen molar-refractivity contribution >= 4 is 22.8 Å². The van der Waals surface area contributed by atoms with E-state index in [1.54, 1.807) is 13.1 Å². The minimum atomic E-state index is -0.779. The SMILES string of the molecule is Cc1cccc(OC(C)C(=O)NNC(=O)c2cc(C3CC3)nc3c2cnn3C(C)C)c1C. The third-order valence-electron chi connectivity index (χ3n) is 5.84. The summed E-state index contributed by atoms with van der Waals surface area (Å²) in [5.41, 5.74) is 9.10. The third kappa shape index (κ3) is 4.30. The van der Waals surface area contributed by atoms with Crippen LogP contribution in [-0.4, -0.2) is 32.7 Å². The first-order valence-electron chi connectivity index (χ1n) is 11.0. The van der Waals surface area contributed by atoms with Crippen molar-refractivity contribution < 1.29 is 14.3 Å². The summed E-state index contributed by atoms with van der Waals surface area (Å²) in [5.74, 6) is 0.173. The summed E-state index contributed by atoms with van der Waals surface area (Å²) in [4.78, 5) is 30.3. The molecule has 2 N–H and O–H groups in total. The number of pyridine rings is 1. The molecule has 1 aliphatic carbocycles. The van der Waals surface area contributed by atoms with Crippen molar-refractivity contribution in [1.82, 2.24) is 25.6 Å². The Morgan fingerprint density at radius 1 is 1.16 bits per heavy atom. The lowest BCUT2D eigenvalue weighted by molar-refractivity contribution is -0.128. The Kier molecular flexibility index (Phi) is 5.86. The second-order valence-corrected chi connectivity index (χ2v) is 8.69. The van der Waals surface area contributed by atoms with E-state index >= 15 is 0 Å². The van der Waals surface area contributed by atoms with Crippen LogP contribution >= 0.6 is 0 Å². The number of rotatable bonds is 6. The van der Waals surface area contributed by atoms with Crippen LogP contribution in [0.4, 0.5) is 0 Å². The largest absolute Gasteiger partial charge is 0.481 e. The summed E-state index contributed by atoms with van der Waals surface area (Å²) >= 11 is 0. The molecular formula is C24H29N5O3. The minimum Gasteiger partial charge on any atom is -0.481 e. The molecule has 1 aliphatic rings. The normalized spacial score (nSPS) is 14.4. The minimum absolute atomic E-state index is 0.119. The molecule has 1 fully saturated rings. The van der Waals surface area contributed by atoms with Crippen molar-refractivity contribution in [1.29, 1.82) is 0 Å². The maximum atomic E-state index is 13.0. The van der Waals surface area contributed by atoms with E-state index in [4.69, 9.17) is 9.72 Å². The number of nitrogens with zero attached hydrogens (tertiary/aromatic N) is 3. The second-order valence-electron chi connectivity index (χ2n) is 8.69. The van der Waals surface area contributed by atoms with Gasteiger partial charge in [0.2, 0.25) is 0 Å². The summed E-state index contributed by atoms with van der Waals surface area (Å²) in [6, 6.07) is 7.62. The highest BCUT2D eigenvalue weighted by Gasteiger charge is 2.28. The van der Waals surface area contributed by atoms with E-state index in [0.29, 0.717) is 28.3 Å². The lowest BCUT2D eigenvalue weighted by atomic mass is 10.1. The number of aryl methyl sites for hydroxylation is 1. The van der Waals surface area contributed by atoms with E-state index in [2.05, 4.69) is 16.0 Å². The Balaban J connectivity index is 1.49. The van der Waals surface area contributed by atoms with Gasteiger partial charge >= 0.3 is 0 Å². The molecule has 2 amide bonds. The average molecular weight is 436 g/mol. The first-order valence-corrected chi connectivity index (χ1v) is 11.0. The summed E-state index contributed by atoms with van der Waals surface area (Å²) in [5, 5.41) is 5.07. The van der Waals surface area contributed by atoms with Gasteiger partial charge in [-0.05, 0) is 70.7 Å². The average Bonchev–Trinajstić information content (AvgIpc) is 3.52. The molecule has 2 aromatic heterocycles. The molecule has 8 nitrogen and oxygen atoms in total. The fourth-order valence-corrected chi connectivity index (χ4v) is 3.57. The van der Waals surface area contributed by atoms with Crippen molar-refractivity contribution in [2.24, 2.45) is 0 Å². The van der Waals surface area contributed by atoms with Crippen molar-refractivity contribution in [3.63, 3.8) is 0 Å². The zero-order valence-electron chi connectivity index (χ0n) is 19.1. The first kappa shape index (κ1) is 21.8. The Morgan fingerprint density at radius 3 is 2.59 bits per heavy atom. The molecule has 0 saturated heterocycles.